The zero-order valence-corrected chi connectivity index (χ0v) is 7.33. The smallest absolute Gasteiger partial charge is 0.0481 e. The van der Waals surface area contributed by atoms with E-state index < -0.39 is 0 Å². The summed E-state index contributed by atoms with van der Waals surface area (Å²) in [5.41, 5.74) is 8.32. The lowest BCUT2D eigenvalue weighted by Crippen LogP contribution is -2.16. The molecule has 0 aromatic carbocycles. The molecule has 1 heterocycles. The molecule has 0 saturated carbocycles. The number of pyridine rings is 1. The Bertz CT molecular complexity index is 283. The number of nitrogens with two attached hydrogens (primary N) is 1. The van der Waals surface area contributed by atoms with E-state index in [1.165, 1.54) is 11.3 Å². The predicted octanol–water partition coefficient (Wildman–Crippen LogP) is 1.32. The third kappa shape index (κ3) is 1.03. The molecule has 2 heteroatoms. The van der Waals surface area contributed by atoms with Crippen LogP contribution < -0.4 is 5.73 Å². The number of hydrogen-bond acceptors (Lipinski definition) is 2. The van der Waals surface area contributed by atoms with Crippen LogP contribution in [0.15, 0.2) is 18.3 Å². The van der Waals surface area contributed by atoms with Gasteiger partial charge in [-0.25, -0.2) is 0 Å². The highest BCUT2D eigenvalue weighted by molar-refractivity contribution is 5.30. The van der Waals surface area contributed by atoms with Crippen molar-refractivity contribution in [2.45, 2.75) is 19.3 Å². The summed E-state index contributed by atoms with van der Waals surface area (Å²) in [4.78, 5) is 4.38. The summed E-state index contributed by atoms with van der Waals surface area (Å²) in [7, 11) is 0. The van der Waals surface area contributed by atoms with Crippen LogP contribution in [0.5, 0.6) is 0 Å². The average Bonchev–Trinajstić information content (AvgIpc) is 2.40. The first-order valence-electron chi connectivity index (χ1n) is 4.46. The maximum Gasteiger partial charge on any atom is 0.0481 e. The Hall–Kier alpha value is -0.890. The molecule has 1 aromatic heterocycles. The van der Waals surface area contributed by atoms with Crippen molar-refractivity contribution in [1.29, 1.82) is 0 Å². The van der Waals surface area contributed by atoms with Crippen LogP contribution in [-0.2, 0) is 6.42 Å². The lowest BCUT2D eigenvalue weighted by atomic mass is 9.97. The molecule has 2 rings (SSSR count). The van der Waals surface area contributed by atoms with Crippen LogP contribution in [0.1, 0.15) is 24.1 Å². The molecule has 2 unspecified atom stereocenters. The summed E-state index contributed by atoms with van der Waals surface area (Å²) in [5.74, 6) is 1.15. The fourth-order valence-corrected chi connectivity index (χ4v) is 2.06. The maximum absolute atomic E-state index is 5.70. The fraction of sp³-hybridized carbons (Fsp3) is 0.500. The van der Waals surface area contributed by atoms with Crippen LogP contribution in [0, 0.1) is 5.92 Å². The summed E-state index contributed by atoms with van der Waals surface area (Å²) < 4.78 is 0. The lowest BCUT2D eigenvalue weighted by molar-refractivity contribution is 0.500. The van der Waals surface area contributed by atoms with Crippen LogP contribution >= 0.6 is 0 Å². The fourth-order valence-electron chi connectivity index (χ4n) is 2.06. The van der Waals surface area contributed by atoms with Gasteiger partial charge in [0.25, 0.3) is 0 Å². The van der Waals surface area contributed by atoms with E-state index in [9.17, 15) is 0 Å². The highest BCUT2D eigenvalue weighted by Crippen LogP contribution is 2.34. The summed E-state index contributed by atoms with van der Waals surface area (Å²) in [6, 6.07) is 4.17. The van der Waals surface area contributed by atoms with E-state index in [1.54, 1.807) is 0 Å². The molecular weight excluding hydrogens is 148 g/mol. The topological polar surface area (TPSA) is 38.9 Å². The second kappa shape index (κ2) is 2.87. The molecule has 0 bridgehead atoms. The zero-order chi connectivity index (χ0) is 8.55. The molecule has 2 nitrogen and oxygen atoms in total. The van der Waals surface area contributed by atoms with Crippen LogP contribution in [0.3, 0.4) is 0 Å². The molecular formula is C10H14N2. The van der Waals surface area contributed by atoms with Crippen molar-refractivity contribution in [1.82, 2.24) is 4.98 Å². The Labute approximate surface area is 72.8 Å². The highest BCUT2D eigenvalue weighted by atomic mass is 14.7. The summed E-state index contributed by atoms with van der Waals surface area (Å²) in [6.45, 7) is 2.98. The van der Waals surface area contributed by atoms with Gasteiger partial charge in [-0.3, -0.25) is 4.98 Å². The monoisotopic (exact) mass is 162 g/mol. The molecule has 0 aliphatic heterocycles. The standard InChI is InChI=1S/C10H14N2/c1-7-5-8-3-2-4-12-10(8)9(7)6-11/h2-4,7,9H,5-6,11H2,1H3. The SMILES string of the molecule is CC1Cc2cccnc2C1CN. The van der Waals surface area contributed by atoms with E-state index in [0.717, 1.165) is 13.0 Å². The second-order valence-corrected chi connectivity index (χ2v) is 3.57. The Balaban J connectivity index is 2.40. The van der Waals surface area contributed by atoms with Gasteiger partial charge in [-0.1, -0.05) is 13.0 Å². The van der Waals surface area contributed by atoms with Crippen molar-refractivity contribution in [3.05, 3.63) is 29.6 Å². The van der Waals surface area contributed by atoms with Crippen molar-refractivity contribution >= 4 is 0 Å². The van der Waals surface area contributed by atoms with E-state index in [2.05, 4.69) is 18.0 Å². The van der Waals surface area contributed by atoms with Crippen molar-refractivity contribution < 1.29 is 0 Å². The molecule has 0 spiro atoms. The molecule has 1 aromatic rings. The van der Waals surface area contributed by atoms with E-state index in [1.807, 2.05) is 12.3 Å². The Morgan fingerprint density at radius 1 is 1.67 bits per heavy atom. The van der Waals surface area contributed by atoms with Gasteiger partial charge in [0, 0.05) is 24.4 Å². The molecule has 0 radical (unpaired) electrons. The van der Waals surface area contributed by atoms with Gasteiger partial charge in [-0.05, 0) is 24.0 Å². The van der Waals surface area contributed by atoms with E-state index in [0.29, 0.717) is 11.8 Å². The van der Waals surface area contributed by atoms with Crippen molar-refractivity contribution in [2.24, 2.45) is 11.7 Å². The summed E-state index contributed by atoms with van der Waals surface area (Å²) in [5, 5.41) is 0. The van der Waals surface area contributed by atoms with Gasteiger partial charge < -0.3 is 5.73 Å². The number of hydrogen-bond donors (Lipinski definition) is 1. The average molecular weight is 162 g/mol. The van der Waals surface area contributed by atoms with Gasteiger partial charge in [0.1, 0.15) is 0 Å². The summed E-state index contributed by atoms with van der Waals surface area (Å²) >= 11 is 0. The Morgan fingerprint density at radius 2 is 2.50 bits per heavy atom. The van der Waals surface area contributed by atoms with Crippen molar-refractivity contribution in [2.75, 3.05) is 6.54 Å². The molecule has 2 atom stereocenters. The van der Waals surface area contributed by atoms with Crippen LogP contribution in [0.25, 0.3) is 0 Å². The van der Waals surface area contributed by atoms with Gasteiger partial charge in [0.05, 0.1) is 0 Å². The van der Waals surface area contributed by atoms with Crippen LogP contribution in [0.2, 0.25) is 0 Å². The quantitative estimate of drug-likeness (QED) is 0.676. The number of rotatable bonds is 1. The molecule has 0 saturated heterocycles. The highest BCUT2D eigenvalue weighted by Gasteiger charge is 2.28. The van der Waals surface area contributed by atoms with Crippen LogP contribution in [0.4, 0.5) is 0 Å². The summed E-state index contributed by atoms with van der Waals surface area (Å²) in [6.07, 6.45) is 3.00. The molecule has 0 amide bonds. The van der Waals surface area contributed by atoms with Gasteiger partial charge in [-0.2, -0.15) is 0 Å². The van der Waals surface area contributed by atoms with E-state index in [-0.39, 0.29) is 0 Å². The number of fused-ring (bicyclic) bond motifs is 1. The van der Waals surface area contributed by atoms with Crippen molar-refractivity contribution in [3.8, 4) is 0 Å². The lowest BCUT2D eigenvalue weighted by Gasteiger charge is -2.11. The first-order chi connectivity index (χ1) is 5.83. The van der Waals surface area contributed by atoms with Crippen LogP contribution in [-0.4, -0.2) is 11.5 Å². The normalized spacial score (nSPS) is 27.2. The third-order valence-corrected chi connectivity index (χ3v) is 2.76. The molecule has 1 aliphatic rings. The Kier molecular flexibility index (Phi) is 1.85. The minimum atomic E-state index is 0.487. The van der Waals surface area contributed by atoms with Gasteiger partial charge in [0.2, 0.25) is 0 Å². The molecule has 2 N–H and O–H groups in total. The maximum atomic E-state index is 5.70. The minimum Gasteiger partial charge on any atom is -0.330 e. The van der Waals surface area contributed by atoms with Gasteiger partial charge in [0.15, 0.2) is 0 Å². The molecule has 0 fully saturated rings. The van der Waals surface area contributed by atoms with Crippen molar-refractivity contribution in [3.63, 3.8) is 0 Å². The second-order valence-electron chi connectivity index (χ2n) is 3.57. The first-order valence-corrected chi connectivity index (χ1v) is 4.46. The van der Waals surface area contributed by atoms with E-state index >= 15 is 0 Å². The van der Waals surface area contributed by atoms with E-state index in [4.69, 9.17) is 5.73 Å². The minimum absolute atomic E-state index is 0.487. The van der Waals surface area contributed by atoms with Gasteiger partial charge in [-0.15, -0.1) is 0 Å². The number of aromatic nitrogens is 1. The molecule has 12 heavy (non-hydrogen) atoms. The molecule has 64 valence electrons. The number of nitrogens with zero attached hydrogens (tertiary/aromatic N) is 1. The third-order valence-electron chi connectivity index (χ3n) is 2.76. The first kappa shape index (κ1) is 7.74. The largest absolute Gasteiger partial charge is 0.330 e. The Morgan fingerprint density at radius 3 is 3.25 bits per heavy atom. The molecule has 1 aliphatic carbocycles. The zero-order valence-electron chi connectivity index (χ0n) is 7.33. The van der Waals surface area contributed by atoms with Gasteiger partial charge >= 0.3 is 0 Å². The predicted molar refractivity (Wildman–Crippen MR) is 48.9 cm³/mol.